The van der Waals surface area contributed by atoms with Gasteiger partial charge < -0.3 is 10.1 Å². The number of rotatable bonds is 4. The van der Waals surface area contributed by atoms with E-state index < -0.39 is 0 Å². The van der Waals surface area contributed by atoms with Gasteiger partial charge in [0.05, 0.1) is 24.5 Å². The third-order valence-corrected chi connectivity index (χ3v) is 3.72. The lowest BCUT2D eigenvalue weighted by molar-refractivity contribution is 0.416. The molecule has 4 heteroatoms. The molecule has 0 bridgehead atoms. The Kier molecular flexibility index (Phi) is 4.02. The smallest absolute Gasteiger partial charge is 0.141 e. The Hall–Kier alpha value is -1.97. The highest BCUT2D eigenvalue weighted by Crippen LogP contribution is 2.30. The number of aromatic nitrogens is 2. The van der Waals surface area contributed by atoms with Gasteiger partial charge in [0.15, 0.2) is 0 Å². The van der Waals surface area contributed by atoms with Crippen LogP contribution in [0.5, 0.6) is 5.75 Å². The van der Waals surface area contributed by atoms with Gasteiger partial charge in [-0.25, -0.2) is 0 Å². The highest BCUT2D eigenvalue weighted by molar-refractivity contribution is 5.59. The number of hydrogen-bond acceptors (Lipinski definition) is 3. The number of nitrogens with zero attached hydrogens (tertiary/aromatic N) is 2. The number of methoxy groups -OCH3 is 1. The van der Waals surface area contributed by atoms with Gasteiger partial charge in [-0.3, -0.25) is 4.68 Å². The van der Waals surface area contributed by atoms with Gasteiger partial charge in [0, 0.05) is 18.3 Å². The van der Waals surface area contributed by atoms with E-state index in [9.17, 15) is 0 Å². The molecular formula is C16H23N3O. The van der Waals surface area contributed by atoms with Crippen molar-refractivity contribution in [3.8, 4) is 5.75 Å². The van der Waals surface area contributed by atoms with Crippen LogP contribution in [0.2, 0.25) is 0 Å². The predicted octanol–water partition coefficient (Wildman–Crippen LogP) is 3.53. The molecule has 1 aromatic carbocycles. The number of benzene rings is 1. The van der Waals surface area contributed by atoms with Crippen LogP contribution >= 0.6 is 0 Å². The molecular weight excluding hydrogens is 250 g/mol. The first-order valence-electron chi connectivity index (χ1n) is 6.85. The standard InChI is InChI=1S/C16H23N3O/c1-10-7-8-15(20-6)14(9-10)17-11(2)16-12(3)18-19(5)13(16)4/h7-9,11,17H,1-6H3. The minimum absolute atomic E-state index is 0.180. The molecule has 2 rings (SSSR count). The topological polar surface area (TPSA) is 39.1 Å². The Balaban J connectivity index is 2.32. The van der Waals surface area contributed by atoms with E-state index in [2.05, 4.69) is 43.3 Å². The summed E-state index contributed by atoms with van der Waals surface area (Å²) in [5.74, 6) is 0.863. The monoisotopic (exact) mass is 273 g/mol. The Bertz CT molecular complexity index is 616. The maximum Gasteiger partial charge on any atom is 0.141 e. The molecule has 0 radical (unpaired) electrons. The van der Waals surface area contributed by atoms with Gasteiger partial charge in [-0.15, -0.1) is 0 Å². The second-order valence-electron chi connectivity index (χ2n) is 5.28. The van der Waals surface area contributed by atoms with E-state index in [0.717, 1.165) is 17.1 Å². The van der Waals surface area contributed by atoms with E-state index in [0.29, 0.717) is 0 Å². The molecule has 0 saturated carbocycles. The second-order valence-corrected chi connectivity index (χ2v) is 5.28. The van der Waals surface area contributed by atoms with Crippen LogP contribution in [0, 0.1) is 20.8 Å². The quantitative estimate of drug-likeness (QED) is 0.926. The van der Waals surface area contributed by atoms with Crippen LogP contribution in [0.3, 0.4) is 0 Å². The van der Waals surface area contributed by atoms with E-state index in [1.807, 2.05) is 24.7 Å². The zero-order chi connectivity index (χ0) is 14.9. The van der Waals surface area contributed by atoms with Crippen molar-refractivity contribution < 1.29 is 4.74 Å². The minimum atomic E-state index is 0.180. The number of anilines is 1. The van der Waals surface area contributed by atoms with E-state index in [-0.39, 0.29) is 6.04 Å². The lowest BCUT2D eigenvalue weighted by Gasteiger charge is -2.18. The SMILES string of the molecule is COc1ccc(C)cc1NC(C)c1c(C)nn(C)c1C. The molecule has 0 saturated heterocycles. The lowest BCUT2D eigenvalue weighted by atomic mass is 10.1. The van der Waals surface area contributed by atoms with E-state index in [4.69, 9.17) is 4.74 Å². The van der Waals surface area contributed by atoms with E-state index in [1.54, 1.807) is 7.11 Å². The Morgan fingerprint density at radius 1 is 1.25 bits per heavy atom. The molecule has 1 N–H and O–H groups in total. The maximum absolute atomic E-state index is 5.42. The fourth-order valence-electron chi connectivity index (χ4n) is 2.66. The fraction of sp³-hybridized carbons (Fsp3) is 0.438. The average Bonchev–Trinajstić information content (AvgIpc) is 2.63. The number of ether oxygens (including phenoxy) is 1. The van der Waals surface area contributed by atoms with Gasteiger partial charge in [-0.05, 0) is 45.4 Å². The van der Waals surface area contributed by atoms with Crippen LogP contribution in [0.1, 0.15) is 35.5 Å². The van der Waals surface area contributed by atoms with Crippen molar-refractivity contribution in [3.63, 3.8) is 0 Å². The molecule has 0 spiro atoms. The molecule has 0 amide bonds. The summed E-state index contributed by atoms with van der Waals surface area (Å²) in [7, 11) is 3.67. The van der Waals surface area contributed by atoms with Gasteiger partial charge in [0.25, 0.3) is 0 Å². The van der Waals surface area contributed by atoms with Crippen LogP contribution in [0.15, 0.2) is 18.2 Å². The molecule has 2 aromatic rings. The zero-order valence-corrected chi connectivity index (χ0v) is 13.1. The van der Waals surface area contributed by atoms with Crippen LogP contribution in [-0.2, 0) is 7.05 Å². The number of hydrogen-bond donors (Lipinski definition) is 1. The molecule has 0 aliphatic rings. The summed E-state index contributed by atoms with van der Waals surface area (Å²) < 4.78 is 7.35. The van der Waals surface area contributed by atoms with Crippen molar-refractivity contribution in [2.45, 2.75) is 33.7 Å². The van der Waals surface area contributed by atoms with Crippen molar-refractivity contribution in [2.24, 2.45) is 7.05 Å². The Morgan fingerprint density at radius 3 is 2.50 bits per heavy atom. The molecule has 1 aromatic heterocycles. The van der Waals surface area contributed by atoms with Crippen molar-refractivity contribution >= 4 is 5.69 Å². The van der Waals surface area contributed by atoms with Crippen molar-refractivity contribution in [2.75, 3.05) is 12.4 Å². The van der Waals surface area contributed by atoms with Crippen molar-refractivity contribution in [1.82, 2.24) is 9.78 Å². The third-order valence-electron chi connectivity index (χ3n) is 3.72. The second kappa shape index (κ2) is 5.57. The third kappa shape index (κ3) is 2.64. The first kappa shape index (κ1) is 14.4. The van der Waals surface area contributed by atoms with Gasteiger partial charge >= 0.3 is 0 Å². The summed E-state index contributed by atoms with van der Waals surface area (Å²) in [6, 6.07) is 6.33. The minimum Gasteiger partial charge on any atom is -0.495 e. The van der Waals surface area contributed by atoms with Crippen molar-refractivity contribution in [1.29, 1.82) is 0 Å². The average molecular weight is 273 g/mol. The van der Waals surface area contributed by atoms with Crippen LogP contribution in [-0.4, -0.2) is 16.9 Å². The predicted molar refractivity (Wildman–Crippen MR) is 82.5 cm³/mol. The first-order chi connectivity index (χ1) is 9.43. The Labute approximate surface area is 120 Å². The summed E-state index contributed by atoms with van der Waals surface area (Å²) in [4.78, 5) is 0. The fourth-order valence-corrected chi connectivity index (χ4v) is 2.66. The molecule has 0 aliphatic carbocycles. The number of aryl methyl sites for hydroxylation is 3. The zero-order valence-electron chi connectivity index (χ0n) is 13.1. The molecule has 1 heterocycles. The highest BCUT2D eigenvalue weighted by Gasteiger charge is 2.17. The van der Waals surface area contributed by atoms with E-state index in [1.165, 1.54) is 16.8 Å². The van der Waals surface area contributed by atoms with Gasteiger partial charge in [0.1, 0.15) is 5.75 Å². The lowest BCUT2D eigenvalue weighted by Crippen LogP contribution is -2.10. The Morgan fingerprint density at radius 2 is 1.95 bits per heavy atom. The molecule has 1 unspecified atom stereocenters. The summed E-state index contributed by atoms with van der Waals surface area (Å²) in [5.41, 5.74) is 5.73. The summed E-state index contributed by atoms with van der Waals surface area (Å²) in [6.07, 6.45) is 0. The summed E-state index contributed by atoms with van der Waals surface area (Å²) in [6.45, 7) is 8.38. The summed E-state index contributed by atoms with van der Waals surface area (Å²) >= 11 is 0. The van der Waals surface area contributed by atoms with Gasteiger partial charge in [-0.1, -0.05) is 6.07 Å². The van der Waals surface area contributed by atoms with Crippen molar-refractivity contribution in [3.05, 3.63) is 40.7 Å². The highest BCUT2D eigenvalue weighted by atomic mass is 16.5. The van der Waals surface area contributed by atoms with Gasteiger partial charge in [0.2, 0.25) is 0 Å². The van der Waals surface area contributed by atoms with E-state index >= 15 is 0 Å². The molecule has 1 atom stereocenters. The largest absolute Gasteiger partial charge is 0.495 e. The molecule has 0 fully saturated rings. The van der Waals surface area contributed by atoms with Crippen LogP contribution in [0.25, 0.3) is 0 Å². The summed E-state index contributed by atoms with van der Waals surface area (Å²) in [5, 5.41) is 8.01. The number of nitrogens with one attached hydrogen (secondary N) is 1. The molecule has 20 heavy (non-hydrogen) atoms. The van der Waals surface area contributed by atoms with Gasteiger partial charge in [-0.2, -0.15) is 5.10 Å². The molecule has 0 aliphatic heterocycles. The first-order valence-corrected chi connectivity index (χ1v) is 6.85. The molecule has 108 valence electrons. The van der Waals surface area contributed by atoms with Crippen LogP contribution < -0.4 is 10.1 Å². The maximum atomic E-state index is 5.42. The normalized spacial score (nSPS) is 12.3. The van der Waals surface area contributed by atoms with Crippen LogP contribution in [0.4, 0.5) is 5.69 Å². The molecule has 4 nitrogen and oxygen atoms in total.